The van der Waals surface area contributed by atoms with Crippen molar-refractivity contribution in [2.45, 2.75) is 45.4 Å². The standard InChI is InChI=1S/C23H26N2O6S/c1-4-30-21(28)17-14(3)18(19(24)27)32-20(17)25-16(26)12-31-22(29)23(9-6-10-23)15-8-5-7-13(2)11-15/h5,7-8,11H,4,6,9-10,12H2,1-3H3,(H2,24,27)(H,25,26). The number of esters is 2. The number of carbonyl (C=O) groups excluding carboxylic acids is 4. The van der Waals surface area contributed by atoms with E-state index in [1.165, 1.54) is 0 Å². The predicted octanol–water partition coefficient (Wildman–Crippen LogP) is 3.24. The molecule has 3 rings (SSSR count). The molecule has 3 N–H and O–H groups in total. The zero-order valence-corrected chi connectivity index (χ0v) is 19.1. The molecule has 32 heavy (non-hydrogen) atoms. The van der Waals surface area contributed by atoms with E-state index in [0.29, 0.717) is 18.4 Å². The van der Waals surface area contributed by atoms with Crippen molar-refractivity contribution in [1.82, 2.24) is 0 Å². The fraction of sp³-hybridized carbons (Fsp3) is 0.391. The van der Waals surface area contributed by atoms with Gasteiger partial charge in [-0.15, -0.1) is 11.3 Å². The maximum absolute atomic E-state index is 12.9. The number of nitrogens with one attached hydrogen (secondary N) is 1. The van der Waals surface area contributed by atoms with Crippen LogP contribution in [0.5, 0.6) is 0 Å². The molecular formula is C23H26N2O6S. The summed E-state index contributed by atoms with van der Waals surface area (Å²) in [6.45, 7) is 4.78. The molecule has 2 aromatic rings. The van der Waals surface area contributed by atoms with Crippen LogP contribution in [-0.4, -0.2) is 37.0 Å². The summed E-state index contributed by atoms with van der Waals surface area (Å²) in [5.41, 5.74) is 6.98. The lowest BCUT2D eigenvalue weighted by Crippen LogP contribution is -2.44. The Labute approximate surface area is 190 Å². The third kappa shape index (κ3) is 4.52. The van der Waals surface area contributed by atoms with E-state index in [1.807, 2.05) is 31.2 Å². The van der Waals surface area contributed by atoms with Crippen LogP contribution in [0.4, 0.5) is 5.00 Å². The van der Waals surface area contributed by atoms with Crippen LogP contribution < -0.4 is 11.1 Å². The minimum Gasteiger partial charge on any atom is -0.462 e. The number of aryl methyl sites for hydroxylation is 1. The maximum Gasteiger partial charge on any atom is 0.341 e. The van der Waals surface area contributed by atoms with E-state index in [0.717, 1.165) is 28.9 Å². The molecular weight excluding hydrogens is 432 g/mol. The molecule has 1 aliphatic carbocycles. The molecule has 0 spiro atoms. The summed E-state index contributed by atoms with van der Waals surface area (Å²) in [5.74, 6) is -2.46. The highest BCUT2D eigenvalue weighted by Crippen LogP contribution is 2.45. The van der Waals surface area contributed by atoms with Gasteiger partial charge in [0.25, 0.3) is 11.8 Å². The zero-order chi connectivity index (χ0) is 23.5. The van der Waals surface area contributed by atoms with E-state index in [1.54, 1.807) is 13.8 Å². The summed E-state index contributed by atoms with van der Waals surface area (Å²) in [6, 6.07) is 7.72. The van der Waals surface area contributed by atoms with Crippen molar-refractivity contribution in [2.24, 2.45) is 5.73 Å². The fourth-order valence-electron chi connectivity index (χ4n) is 3.80. The Balaban J connectivity index is 1.72. The summed E-state index contributed by atoms with van der Waals surface area (Å²) in [4.78, 5) is 49.6. The number of thiophene rings is 1. The van der Waals surface area contributed by atoms with Gasteiger partial charge in [-0.2, -0.15) is 0 Å². The van der Waals surface area contributed by atoms with Crippen molar-refractivity contribution >= 4 is 40.1 Å². The van der Waals surface area contributed by atoms with Gasteiger partial charge in [0.1, 0.15) is 5.00 Å². The first-order valence-electron chi connectivity index (χ1n) is 10.3. The second-order valence-electron chi connectivity index (χ2n) is 7.77. The Bertz CT molecular complexity index is 1070. The predicted molar refractivity (Wildman–Crippen MR) is 120 cm³/mol. The van der Waals surface area contributed by atoms with Gasteiger partial charge in [-0.1, -0.05) is 36.2 Å². The first-order chi connectivity index (χ1) is 15.2. The number of hydrogen-bond donors (Lipinski definition) is 2. The summed E-state index contributed by atoms with van der Waals surface area (Å²) in [6.07, 6.45) is 2.23. The van der Waals surface area contributed by atoms with Gasteiger partial charge < -0.3 is 20.5 Å². The smallest absolute Gasteiger partial charge is 0.341 e. The van der Waals surface area contributed by atoms with Gasteiger partial charge in [0.15, 0.2) is 6.61 Å². The summed E-state index contributed by atoms with van der Waals surface area (Å²) in [7, 11) is 0. The molecule has 1 heterocycles. The molecule has 9 heteroatoms. The fourth-order valence-corrected chi connectivity index (χ4v) is 4.86. The largest absolute Gasteiger partial charge is 0.462 e. The third-order valence-electron chi connectivity index (χ3n) is 5.61. The van der Waals surface area contributed by atoms with Crippen molar-refractivity contribution in [1.29, 1.82) is 0 Å². The highest BCUT2D eigenvalue weighted by atomic mass is 32.1. The lowest BCUT2D eigenvalue weighted by atomic mass is 9.64. The van der Waals surface area contributed by atoms with Crippen LogP contribution in [0.1, 0.15) is 62.9 Å². The minimum atomic E-state index is -0.735. The molecule has 1 aromatic heterocycles. The molecule has 8 nitrogen and oxygen atoms in total. The third-order valence-corrected chi connectivity index (χ3v) is 6.83. The Morgan fingerprint density at radius 3 is 2.44 bits per heavy atom. The molecule has 1 saturated carbocycles. The van der Waals surface area contributed by atoms with Crippen molar-refractivity contribution in [3.63, 3.8) is 0 Å². The summed E-state index contributed by atoms with van der Waals surface area (Å²) >= 11 is 0.883. The summed E-state index contributed by atoms with van der Waals surface area (Å²) in [5, 5.41) is 2.68. The molecule has 0 atom stereocenters. The van der Waals surface area contributed by atoms with Gasteiger partial charge in [0, 0.05) is 0 Å². The van der Waals surface area contributed by atoms with Gasteiger partial charge in [-0.3, -0.25) is 14.4 Å². The van der Waals surface area contributed by atoms with Crippen molar-refractivity contribution in [3.8, 4) is 0 Å². The highest BCUT2D eigenvalue weighted by molar-refractivity contribution is 7.18. The van der Waals surface area contributed by atoms with Crippen LogP contribution in [0.2, 0.25) is 0 Å². The minimum absolute atomic E-state index is 0.0700. The highest BCUT2D eigenvalue weighted by Gasteiger charge is 2.47. The number of anilines is 1. The van der Waals surface area contributed by atoms with Gasteiger partial charge in [-0.05, 0) is 44.7 Å². The first-order valence-corrected chi connectivity index (χ1v) is 11.2. The van der Waals surface area contributed by atoms with Crippen LogP contribution in [0.25, 0.3) is 0 Å². The number of ether oxygens (including phenoxy) is 2. The number of benzene rings is 1. The number of primary amides is 1. The van der Waals surface area contributed by atoms with Crippen LogP contribution in [0, 0.1) is 13.8 Å². The van der Waals surface area contributed by atoms with E-state index >= 15 is 0 Å². The average molecular weight is 459 g/mol. The van der Waals surface area contributed by atoms with Gasteiger partial charge in [-0.25, -0.2) is 4.79 Å². The van der Waals surface area contributed by atoms with Crippen molar-refractivity contribution in [3.05, 3.63) is 51.4 Å². The lowest BCUT2D eigenvalue weighted by Gasteiger charge is -2.39. The normalized spacial score (nSPS) is 14.2. The average Bonchev–Trinajstić information content (AvgIpc) is 3.02. The number of carbonyl (C=O) groups is 4. The number of rotatable bonds is 8. The zero-order valence-electron chi connectivity index (χ0n) is 18.3. The van der Waals surface area contributed by atoms with E-state index in [-0.39, 0.29) is 22.0 Å². The molecule has 0 unspecified atom stereocenters. The quantitative estimate of drug-likeness (QED) is 0.585. The van der Waals surface area contributed by atoms with E-state index in [9.17, 15) is 19.2 Å². The number of nitrogens with two attached hydrogens (primary N) is 1. The SMILES string of the molecule is CCOC(=O)c1c(NC(=O)COC(=O)C2(c3cccc(C)c3)CCC2)sc(C(N)=O)c1C. The molecule has 170 valence electrons. The van der Waals surface area contributed by atoms with Crippen LogP contribution in [0.3, 0.4) is 0 Å². The topological polar surface area (TPSA) is 125 Å². The van der Waals surface area contributed by atoms with Crippen LogP contribution in [-0.2, 0) is 24.5 Å². The van der Waals surface area contributed by atoms with Crippen LogP contribution >= 0.6 is 11.3 Å². The van der Waals surface area contributed by atoms with Gasteiger partial charge >= 0.3 is 11.9 Å². The van der Waals surface area contributed by atoms with E-state index in [4.69, 9.17) is 15.2 Å². The molecule has 0 radical (unpaired) electrons. The Morgan fingerprint density at radius 2 is 1.88 bits per heavy atom. The second-order valence-corrected chi connectivity index (χ2v) is 8.80. The lowest BCUT2D eigenvalue weighted by molar-refractivity contribution is -0.156. The summed E-state index contributed by atoms with van der Waals surface area (Å²) < 4.78 is 10.4. The first kappa shape index (κ1) is 23.5. The number of hydrogen-bond acceptors (Lipinski definition) is 7. The molecule has 0 saturated heterocycles. The molecule has 0 bridgehead atoms. The van der Waals surface area contributed by atoms with Gasteiger partial charge in [0.2, 0.25) is 0 Å². The molecule has 2 amide bonds. The van der Waals surface area contributed by atoms with E-state index in [2.05, 4.69) is 5.32 Å². The monoisotopic (exact) mass is 458 g/mol. The maximum atomic E-state index is 12.9. The Hall–Kier alpha value is -3.20. The second kappa shape index (κ2) is 9.52. The molecule has 1 aromatic carbocycles. The molecule has 0 aliphatic heterocycles. The van der Waals surface area contributed by atoms with Crippen LogP contribution in [0.15, 0.2) is 24.3 Å². The number of amides is 2. The molecule has 1 fully saturated rings. The molecule has 1 aliphatic rings. The van der Waals surface area contributed by atoms with Gasteiger partial charge in [0.05, 0.1) is 22.5 Å². The Morgan fingerprint density at radius 1 is 1.16 bits per heavy atom. The van der Waals surface area contributed by atoms with E-state index < -0.39 is 35.8 Å². The van der Waals surface area contributed by atoms with Crippen molar-refractivity contribution < 1.29 is 28.7 Å². The van der Waals surface area contributed by atoms with Crippen molar-refractivity contribution in [2.75, 3.05) is 18.5 Å². The Kier molecular flexibility index (Phi) is 6.98.